The van der Waals surface area contributed by atoms with Gasteiger partial charge in [0.25, 0.3) is 5.91 Å². The zero-order valence-electron chi connectivity index (χ0n) is 14.1. The Balaban J connectivity index is 1.59. The van der Waals surface area contributed by atoms with Crippen molar-refractivity contribution in [1.82, 2.24) is 14.7 Å². The molecule has 2 heterocycles. The van der Waals surface area contributed by atoms with Gasteiger partial charge in [0.15, 0.2) is 0 Å². The summed E-state index contributed by atoms with van der Waals surface area (Å²) in [6.45, 7) is 0.756. The summed E-state index contributed by atoms with van der Waals surface area (Å²) in [5.41, 5.74) is 1.09. The minimum absolute atomic E-state index is 0.0740. The number of carbonyl (C=O) groups excluding carboxylic acids is 1. The zero-order chi connectivity index (χ0) is 17.8. The summed E-state index contributed by atoms with van der Waals surface area (Å²) >= 11 is 0. The monoisotopic (exact) mass is 349 g/mol. The van der Waals surface area contributed by atoms with E-state index >= 15 is 0 Å². The number of ether oxygens (including phenoxy) is 1. The first kappa shape index (κ1) is 17.4. The molecular weight excluding hydrogens is 328 g/mol. The van der Waals surface area contributed by atoms with Crippen LogP contribution in [-0.4, -0.2) is 40.3 Å². The van der Waals surface area contributed by atoms with Gasteiger partial charge in [0, 0.05) is 25.2 Å². The van der Waals surface area contributed by atoms with E-state index in [1.54, 1.807) is 4.90 Å². The molecular formula is C18H21F2N3O2. The van der Waals surface area contributed by atoms with Gasteiger partial charge in [-0.05, 0) is 38.0 Å². The summed E-state index contributed by atoms with van der Waals surface area (Å²) in [6, 6.07) is 9.14. The smallest absolute Gasteiger partial charge is 0.333 e. The predicted molar refractivity (Wildman–Crippen MR) is 88.8 cm³/mol. The lowest BCUT2D eigenvalue weighted by molar-refractivity contribution is 0.0425. The third-order valence-electron chi connectivity index (χ3n) is 4.39. The summed E-state index contributed by atoms with van der Waals surface area (Å²) in [4.78, 5) is 14.1. The van der Waals surface area contributed by atoms with Crippen LogP contribution >= 0.6 is 0 Å². The second kappa shape index (κ2) is 7.63. The first-order chi connectivity index (χ1) is 12.0. The maximum absolute atomic E-state index is 12.9. The molecule has 1 fully saturated rings. The van der Waals surface area contributed by atoms with Gasteiger partial charge in [0.1, 0.15) is 11.4 Å². The molecule has 1 saturated heterocycles. The van der Waals surface area contributed by atoms with Crippen molar-refractivity contribution in [2.24, 2.45) is 5.92 Å². The number of carbonyl (C=O) groups is 1. The third-order valence-corrected chi connectivity index (χ3v) is 4.39. The van der Waals surface area contributed by atoms with Crippen molar-refractivity contribution in [3.63, 3.8) is 0 Å². The maximum Gasteiger partial charge on any atom is 0.333 e. The fourth-order valence-corrected chi connectivity index (χ4v) is 3.04. The summed E-state index contributed by atoms with van der Waals surface area (Å²) < 4.78 is 32.1. The van der Waals surface area contributed by atoms with Crippen molar-refractivity contribution < 1.29 is 18.3 Å². The first-order valence-corrected chi connectivity index (χ1v) is 8.35. The maximum atomic E-state index is 12.9. The quantitative estimate of drug-likeness (QED) is 0.830. The highest BCUT2D eigenvalue weighted by Gasteiger charge is 2.28. The van der Waals surface area contributed by atoms with Crippen LogP contribution in [0.15, 0.2) is 36.5 Å². The minimum atomic E-state index is -2.82. The van der Waals surface area contributed by atoms with Gasteiger partial charge < -0.3 is 9.64 Å². The van der Waals surface area contributed by atoms with Crippen molar-refractivity contribution in [3.8, 4) is 5.75 Å². The summed E-state index contributed by atoms with van der Waals surface area (Å²) in [6.07, 6.45) is 3.00. The molecule has 134 valence electrons. The van der Waals surface area contributed by atoms with Crippen molar-refractivity contribution in [2.45, 2.75) is 26.3 Å². The lowest BCUT2D eigenvalue weighted by Crippen LogP contribution is -2.42. The number of amides is 1. The second-order valence-electron chi connectivity index (χ2n) is 6.32. The molecule has 1 aromatic carbocycles. The van der Waals surface area contributed by atoms with Gasteiger partial charge in [-0.3, -0.25) is 4.79 Å². The van der Waals surface area contributed by atoms with Crippen LogP contribution in [0.2, 0.25) is 0 Å². The Kier molecular flexibility index (Phi) is 5.31. The molecule has 1 aliphatic heterocycles. The molecule has 1 amide bonds. The molecule has 2 aromatic rings. The molecule has 1 atom stereocenters. The Bertz CT molecular complexity index is 715. The number of aromatic nitrogens is 2. The Morgan fingerprint density at radius 2 is 2.08 bits per heavy atom. The van der Waals surface area contributed by atoms with Crippen LogP contribution in [-0.2, 0) is 0 Å². The first-order valence-electron chi connectivity index (χ1n) is 8.35. The lowest BCUT2D eigenvalue weighted by Gasteiger charge is -2.32. The van der Waals surface area contributed by atoms with E-state index in [1.165, 1.54) is 12.3 Å². The number of benzene rings is 1. The molecule has 1 unspecified atom stereocenters. The number of rotatable bonds is 5. The number of halogens is 2. The second-order valence-corrected chi connectivity index (χ2v) is 6.32. The van der Waals surface area contributed by atoms with Crippen LogP contribution < -0.4 is 4.74 Å². The summed E-state index contributed by atoms with van der Waals surface area (Å²) in [5.74, 6) is 0.574. The average Bonchev–Trinajstić information content (AvgIpc) is 3.11. The molecule has 0 radical (unpaired) electrons. The highest BCUT2D eigenvalue weighted by molar-refractivity contribution is 5.92. The normalized spacial score (nSPS) is 17.8. The Morgan fingerprint density at radius 1 is 1.32 bits per heavy atom. The van der Waals surface area contributed by atoms with E-state index in [0.717, 1.165) is 24.2 Å². The van der Waals surface area contributed by atoms with Gasteiger partial charge in [0.2, 0.25) is 0 Å². The van der Waals surface area contributed by atoms with Gasteiger partial charge in [-0.2, -0.15) is 18.6 Å². The number of likely N-dealkylation sites (tertiary alicyclic amines) is 1. The van der Waals surface area contributed by atoms with Crippen LogP contribution in [0, 0.1) is 12.8 Å². The molecule has 25 heavy (non-hydrogen) atoms. The largest absolute Gasteiger partial charge is 0.493 e. The molecule has 5 nitrogen and oxygen atoms in total. The molecule has 0 N–H and O–H groups in total. The number of aryl methyl sites for hydroxylation is 1. The van der Waals surface area contributed by atoms with E-state index < -0.39 is 12.5 Å². The van der Waals surface area contributed by atoms with Crippen molar-refractivity contribution in [1.29, 1.82) is 0 Å². The Labute approximate surface area is 145 Å². The molecule has 1 aromatic heterocycles. The summed E-state index contributed by atoms with van der Waals surface area (Å²) in [7, 11) is 0. The average molecular weight is 349 g/mol. The fourth-order valence-electron chi connectivity index (χ4n) is 3.04. The SMILES string of the molecule is Cc1ccc(OCC2CCCN(C(=O)c3ccnn3C(F)F)C2)cc1. The van der Waals surface area contributed by atoms with Crippen LogP contribution in [0.4, 0.5) is 8.78 Å². The molecule has 3 rings (SSSR count). The van der Waals surface area contributed by atoms with Crippen molar-refractivity contribution in [2.75, 3.05) is 19.7 Å². The van der Waals surface area contributed by atoms with Gasteiger partial charge in [-0.25, -0.2) is 0 Å². The molecule has 0 spiro atoms. The molecule has 1 aliphatic rings. The van der Waals surface area contributed by atoms with Crippen LogP contribution in [0.1, 0.15) is 35.4 Å². The van der Waals surface area contributed by atoms with E-state index in [0.29, 0.717) is 24.4 Å². The number of nitrogens with zero attached hydrogens (tertiary/aromatic N) is 3. The molecule has 0 saturated carbocycles. The van der Waals surface area contributed by atoms with E-state index in [9.17, 15) is 13.6 Å². The van der Waals surface area contributed by atoms with E-state index in [2.05, 4.69) is 5.10 Å². The van der Waals surface area contributed by atoms with Gasteiger partial charge in [-0.15, -0.1) is 0 Å². The highest BCUT2D eigenvalue weighted by atomic mass is 19.3. The highest BCUT2D eigenvalue weighted by Crippen LogP contribution is 2.22. The van der Waals surface area contributed by atoms with Crippen molar-refractivity contribution in [3.05, 3.63) is 47.8 Å². The topological polar surface area (TPSA) is 47.4 Å². The van der Waals surface area contributed by atoms with E-state index in [1.807, 2.05) is 31.2 Å². The predicted octanol–water partition coefficient (Wildman–Crippen LogP) is 3.52. The minimum Gasteiger partial charge on any atom is -0.493 e. The summed E-state index contributed by atoms with van der Waals surface area (Å²) in [5, 5.41) is 3.53. The Hall–Kier alpha value is -2.44. The van der Waals surface area contributed by atoms with Crippen molar-refractivity contribution >= 4 is 5.91 Å². The molecule has 0 aliphatic carbocycles. The van der Waals surface area contributed by atoms with Crippen LogP contribution in [0.25, 0.3) is 0 Å². The standard InChI is InChI=1S/C18H21F2N3O2/c1-13-4-6-15(7-5-13)25-12-14-3-2-10-22(11-14)17(24)16-8-9-21-23(16)18(19)20/h4-9,14,18H,2-3,10-12H2,1H3. The molecule has 7 heteroatoms. The van der Waals surface area contributed by atoms with Crippen LogP contribution in [0.3, 0.4) is 0 Å². The third kappa shape index (κ3) is 4.15. The van der Waals surface area contributed by atoms with E-state index in [4.69, 9.17) is 4.74 Å². The lowest BCUT2D eigenvalue weighted by atomic mass is 9.98. The number of hydrogen-bond donors (Lipinski definition) is 0. The van der Waals surface area contributed by atoms with E-state index in [-0.39, 0.29) is 11.6 Å². The number of hydrogen-bond acceptors (Lipinski definition) is 3. The number of piperidine rings is 1. The Morgan fingerprint density at radius 3 is 2.80 bits per heavy atom. The number of alkyl halides is 2. The fraction of sp³-hybridized carbons (Fsp3) is 0.444. The van der Waals surface area contributed by atoms with Gasteiger partial charge in [0.05, 0.1) is 6.61 Å². The van der Waals surface area contributed by atoms with Crippen LogP contribution in [0.5, 0.6) is 5.75 Å². The molecule has 0 bridgehead atoms. The van der Waals surface area contributed by atoms with Gasteiger partial charge >= 0.3 is 6.55 Å². The zero-order valence-corrected chi connectivity index (χ0v) is 14.1. The van der Waals surface area contributed by atoms with Gasteiger partial charge in [-0.1, -0.05) is 17.7 Å².